The summed E-state index contributed by atoms with van der Waals surface area (Å²) in [5, 5.41) is 3.43. The van der Waals surface area contributed by atoms with Gasteiger partial charge in [0.05, 0.1) is 6.61 Å². The number of hydrogen-bond acceptors (Lipinski definition) is 2. The van der Waals surface area contributed by atoms with E-state index in [2.05, 4.69) is 31.8 Å². The monoisotopic (exact) mass is 241 g/mol. The van der Waals surface area contributed by atoms with E-state index in [0.717, 1.165) is 19.7 Å². The molecular weight excluding hydrogens is 210 g/mol. The fraction of sp³-hybridized carbons (Fsp3) is 0.867. The van der Waals surface area contributed by atoms with Crippen LogP contribution in [0, 0.1) is 5.41 Å². The summed E-state index contributed by atoms with van der Waals surface area (Å²) in [7, 11) is 1.74. The normalized spacial score (nSPS) is 14.5. The first-order valence-electron chi connectivity index (χ1n) is 7.02. The molecule has 1 N–H and O–H groups in total. The van der Waals surface area contributed by atoms with Crippen molar-refractivity contribution in [1.29, 1.82) is 0 Å². The number of methoxy groups -OCH3 is 1. The van der Waals surface area contributed by atoms with Crippen molar-refractivity contribution >= 4 is 0 Å². The highest BCUT2D eigenvalue weighted by Crippen LogP contribution is 2.25. The summed E-state index contributed by atoms with van der Waals surface area (Å²) >= 11 is 0. The van der Waals surface area contributed by atoms with E-state index in [0.29, 0.717) is 0 Å². The molecule has 0 fully saturated rings. The molecule has 0 saturated carbocycles. The molecule has 0 saturated heterocycles. The smallest absolute Gasteiger partial charge is 0.0587 e. The Balaban J connectivity index is 3.65. The molecule has 0 bridgehead atoms. The van der Waals surface area contributed by atoms with Crippen molar-refractivity contribution in [2.75, 3.05) is 26.8 Å². The minimum atomic E-state index is 0.236. The molecule has 1 atom stereocenters. The largest absolute Gasteiger partial charge is 0.383 e. The lowest BCUT2D eigenvalue weighted by Crippen LogP contribution is -2.32. The topological polar surface area (TPSA) is 21.3 Å². The number of hydrogen-bond donors (Lipinski definition) is 1. The second kappa shape index (κ2) is 10.8. The summed E-state index contributed by atoms with van der Waals surface area (Å²) in [6, 6.07) is 0. The lowest BCUT2D eigenvalue weighted by molar-refractivity contribution is 0.195. The zero-order valence-electron chi connectivity index (χ0n) is 12.1. The molecule has 0 radical (unpaired) electrons. The summed E-state index contributed by atoms with van der Waals surface area (Å²) in [5.41, 5.74) is 0.236. The molecule has 0 rings (SSSR count). The average Bonchev–Trinajstić information content (AvgIpc) is 2.34. The molecule has 2 heteroatoms. The molecule has 0 aromatic carbocycles. The third-order valence-corrected chi connectivity index (χ3v) is 3.36. The Hall–Kier alpha value is -0.340. The second-order valence-electron chi connectivity index (χ2n) is 5.19. The van der Waals surface area contributed by atoms with E-state index < -0.39 is 0 Å². The predicted molar refractivity (Wildman–Crippen MR) is 76.4 cm³/mol. The van der Waals surface area contributed by atoms with Crippen LogP contribution >= 0.6 is 0 Å². The third kappa shape index (κ3) is 9.37. The van der Waals surface area contributed by atoms with Crippen molar-refractivity contribution < 1.29 is 4.74 Å². The van der Waals surface area contributed by atoms with Crippen LogP contribution in [0.25, 0.3) is 0 Å². The summed E-state index contributed by atoms with van der Waals surface area (Å²) in [6.45, 7) is 11.2. The quantitative estimate of drug-likeness (QED) is 0.415. The van der Waals surface area contributed by atoms with Gasteiger partial charge in [0.25, 0.3) is 0 Å². The molecule has 0 aromatic heterocycles. The summed E-state index contributed by atoms with van der Waals surface area (Å²) in [4.78, 5) is 0. The van der Waals surface area contributed by atoms with Crippen molar-refractivity contribution in [1.82, 2.24) is 5.32 Å². The zero-order chi connectivity index (χ0) is 13.0. The van der Waals surface area contributed by atoms with Crippen LogP contribution in [-0.4, -0.2) is 26.8 Å². The van der Waals surface area contributed by atoms with Crippen LogP contribution in [0.2, 0.25) is 0 Å². The molecular formula is C15H31NO. The molecule has 0 spiro atoms. The minimum Gasteiger partial charge on any atom is -0.383 e. The molecule has 0 aromatic rings. The minimum absolute atomic E-state index is 0.236. The maximum atomic E-state index is 5.03. The van der Waals surface area contributed by atoms with E-state index >= 15 is 0 Å². The highest BCUT2D eigenvalue weighted by Gasteiger charge is 2.18. The third-order valence-electron chi connectivity index (χ3n) is 3.36. The van der Waals surface area contributed by atoms with Gasteiger partial charge in [-0.2, -0.15) is 0 Å². The Bertz CT molecular complexity index is 182. The van der Waals surface area contributed by atoms with E-state index in [4.69, 9.17) is 4.74 Å². The summed E-state index contributed by atoms with van der Waals surface area (Å²) < 4.78 is 5.03. The lowest BCUT2D eigenvalue weighted by atomic mass is 9.84. The molecule has 0 amide bonds. The molecule has 0 aliphatic heterocycles. The Morgan fingerprint density at radius 1 is 1.24 bits per heavy atom. The fourth-order valence-electron chi connectivity index (χ4n) is 1.94. The SMILES string of the molecule is C=CC(C)(CCCCCCC)CNCCOC. The van der Waals surface area contributed by atoms with Gasteiger partial charge in [-0.3, -0.25) is 0 Å². The van der Waals surface area contributed by atoms with Crippen LogP contribution in [-0.2, 0) is 4.74 Å². The van der Waals surface area contributed by atoms with Crippen molar-refractivity contribution in [2.45, 2.75) is 52.4 Å². The van der Waals surface area contributed by atoms with E-state index in [1.165, 1.54) is 38.5 Å². The predicted octanol–water partition coefficient (Wildman–Crippen LogP) is 3.78. The molecule has 0 heterocycles. The van der Waals surface area contributed by atoms with Gasteiger partial charge in [0.15, 0.2) is 0 Å². The maximum absolute atomic E-state index is 5.03. The van der Waals surface area contributed by atoms with Crippen LogP contribution in [0.1, 0.15) is 52.4 Å². The summed E-state index contributed by atoms with van der Waals surface area (Å²) in [6.07, 6.45) is 10.1. The number of nitrogens with one attached hydrogen (secondary N) is 1. The first-order valence-corrected chi connectivity index (χ1v) is 7.02. The fourth-order valence-corrected chi connectivity index (χ4v) is 1.94. The lowest BCUT2D eigenvalue weighted by Gasteiger charge is -2.26. The van der Waals surface area contributed by atoms with Crippen LogP contribution < -0.4 is 5.32 Å². The highest BCUT2D eigenvalue weighted by atomic mass is 16.5. The van der Waals surface area contributed by atoms with E-state index in [9.17, 15) is 0 Å². The van der Waals surface area contributed by atoms with Crippen molar-refractivity contribution in [3.63, 3.8) is 0 Å². The molecule has 0 aliphatic carbocycles. The van der Waals surface area contributed by atoms with Crippen LogP contribution in [0.5, 0.6) is 0 Å². The van der Waals surface area contributed by atoms with Crippen LogP contribution in [0.3, 0.4) is 0 Å². The highest BCUT2D eigenvalue weighted by molar-refractivity contribution is 4.92. The van der Waals surface area contributed by atoms with E-state index in [1.54, 1.807) is 7.11 Å². The Labute approximate surface area is 108 Å². The molecule has 1 unspecified atom stereocenters. The van der Waals surface area contributed by atoms with Gasteiger partial charge in [-0.15, -0.1) is 6.58 Å². The standard InChI is InChI=1S/C15H31NO/c1-5-7-8-9-10-11-15(3,6-2)14-16-12-13-17-4/h6,16H,2,5,7-14H2,1,3-4H3. The average molecular weight is 241 g/mol. The number of ether oxygens (including phenoxy) is 1. The van der Waals surface area contributed by atoms with Gasteiger partial charge < -0.3 is 10.1 Å². The Kier molecular flexibility index (Phi) is 10.6. The van der Waals surface area contributed by atoms with Gasteiger partial charge in [-0.05, 0) is 11.8 Å². The van der Waals surface area contributed by atoms with Crippen LogP contribution in [0.4, 0.5) is 0 Å². The van der Waals surface area contributed by atoms with E-state index in [-0.39, 0.29) is 5.41 Å². The molecule has 17 heavy (non-hydrogen) atoms. The molecule has 0 aliphatic rings. The van der Waals surface area contributed by atoms with Gasteiger partial charge in [0, 0.05) is 20.2 Å². The maximum Gasteiger partial charge on any atom is 0.0587 e. The second-order valence-corrected chi connectivity index (χ2v) is 5.19. The summed E-state index contributed by atoms with van der Waals surface area (Å²) in [5.74, 6) is 0. The first-order chi connectivity index (χ1) is 8.18. The van der Waals surface area contributed by atoms with E-state index in [1.807, 2.05) is 0 Å². The zero-order valence-corrected chi connectivity index (χ0v) is 12.1. The van der Waals surface area contributed by atoms with Crippen molar-refractivity contribution in [3.8, 4) is 0 Å². The van der Waals surface area contributed by atoms with Gasteiger partial charge in [-0.25, -0.2) is 0 Å². The first kappa shape index (κ1) is 16.7. The molecule has 102 valence electrons. The van der Waals surface area contributed by atoms with Crippen molar-refractivity contribution in [3.05, 3.63) is 12.7 Å². The van der Waals surface area contributed by atoms with Gasteiger partial charge in [0.2, 0.25) is 0 Å². The van der Waals surface area contributed by atoms with Crippen LogP contribution in [0.15, 0.2) is 12.7 Å². The van der Waals surface area contributed by atoms with Gasteiger partial charge in [0.1, 0.15) is 0 Å². The number of unbranched alkanes of at least 4 members (excludes halogenated alkanes) is 4. The van der Waals surface area contributed by atoms with Gasteiger partial charge >= 0.3 is 0 Å². The Morgan fingerprint density at radius 2 is 1.94 bits per heavy atom. The number of rotatable bonds is 12. The Morgan fingerprint density at radius 3 is 2.53 bits per heavy atom. The van der Waals surface area contributed by atoms with Crippen molar-refractivity contribution in [2.24, 2.45) is 5.41 Å². The van der Waals surface area contributed by atoms with Gasteiger partial charge in [-0.1, -0.05) is 52.0 Å². The molecule has 2 nitrogen and oxygen atoms in total.